The van der Waals surface area contributed by atoms with Gasteiger partial charge >= 0.3 is 0 Å². The molecule has 0 saturated heterocycles. The fourth-order valence-electron chi connectivity index (χ4n) is 0.186. The number of thiol groups is 1. The summed E-state index contributed by atoms with van der Waals surface area (Å²) in [6.07, 6.45) is 0. The normalized spacial score (nSPS) is 12.9. The summed E-state index contributed by atoms with van der Waals surface area (Å²) in [5.74, 6) is -0.226. The molecule has 0 aromatic heterocycles. The van der Waals surface area contributed by atoms with Gasteiger partial charge in [-0.25, -0.2) is 5.48 Å². The zero-order valence-corrected chi connectivity index (χ0v) is 5.74. The van der Waals surface area contributed by atoms with E-state index in [0.717, 1.165) is 0 Å². The molecule has 0 fully saturated rings. The van der Waals surface area contributed by atoms with Crippen molar-refractivity contribution in [2.24, 2.45) is 0 Å². The third-order valence-corrected chi connectivity index (χ3v) is 0.817. The summed E-state index contributed by atoms with van der Waals surface area (Å²) in [5.41, 5.74) is 2.13. The maximum absolute atomic E-state index is 10.4. The Hall–Kier alpha value is -0.220. The van der Waals surface area contributed by atoms with Crippen LogP contribution in [0.5, 0.6) is 0 Å². The van der Waals surface area contributed by atoms with Crippen molar-refractivity contribution in [3.8, 4) is 0 Å². The van der Waals surface area contributed by atoms with Gasteiger partial charge < -0.3 is 0 Å². The van der Waals surface area contributed by atoms with Gasteiger partial charge in [-0.1, -0.05) is 0 Å². The van der Waals surface area contributed by atoms with Crippen LogP contribution in [0.1, 0.15) is 6.92 Å². The Kier molecular flexibility index (Phi) is 3.64. The molecule has 4 heteroatoms. The molecule has 0 spiro atoms. The van der Waals surface area contributed by atoms with Crippen LogP contribution in [-0.4, -0.2) is 18.3 Å². The predicted octanol–water partition coefficient (Wildman–Crippen LogP) is -0.0177. The van der Waals surface area contributed by atoms with E-state index >= 15 is 0 Å². The zero-order chi connectivity index (χ0) is 6.57. The second-order valence-corrected chi connectivity index (χ2v) is 2.12. The van der Waals surface area contributed by atoms with Gasteiger partial charge in [0.05, 0.1) is 12.4 Å². The molecule has 0 aliphatic rings. The summed E-state index contributed by atoms with van der Waals surface area (Å²) in [6, 6.07) is 0. The van der Waals surface area contributed by atoms with E-state index in [-0.39, 0.29) is 11.2 Å². The van der Waals surface area contributed by atoms with Crippen LogP contribution in [0.2, 0.25) is 0 Å². The van der Waals surface area contributed by atoms with Crippen molar-refractivity contribution >= 4 is 18.5 Å². The number of hydrogen-bond acceptors (Lipinski definition) is 3. The number of hydrogen-bond donors (Lipinski definition) is 2. The molecule has 0 aromatic rings. The van der Waals surface area contributed by atoms with E-state index in [1.807, 2.05) is 0 Å². The van der Waals surface area contributed by atoms with Gasteiger partial charge in [0.15, 0.2) is 0 Å². The van der Waals surface area contributed by atoms with Gasteiger partial charge in [-0.3, -0.25) is 9.63 Å². The number of hydroxylamine groups is 1. The molecule has 0 saturated carbocycles. The number of carbonyl (C=O) groups is 1. The number of rotatable bonds is 2. The molecule has 0 rings (SSSR count). The van der Waals surface area contributed by atoms with E-state index in [4.69, 9.17) is 0 Å². The van der Waals surface area contributed by atoms with Gasteiger partial charge in [-0.05, 0) is 6.92 Å². The summed E-state index contributed by atoms with van der Waals surface area (Å²) >= 11 is 3.83. The average Bonchev–Trinajstić information content (AvgIpc) is 1.67. The molecule has 0 aliphatic carbocycles. The molecule has 1 unspecified atom stereocenters. The van der Waals surface area contributed by atoms with Crippen molar-refractivity contribution in [2.45, 2.75) is 12.2 Å². The number of nitrogens with one attached hydrogen (secondary N) is 1. The Balaban J connectivity index is 3.33. The predicted molar refractivity (Wildman–Crippen MR) is 33.6 cm³/mol. The molecule has 48 valence electrons. The smallest absolute Gasteiger partial charge is 0.256 e. The lowest BCUT2D eigenvalue weighted by Gasteiger charge is -2.01. The van der Waals surface area contributed by atoms with Gasteiger partial charge in [0, 0.05) is 0 Å². The van der Waals surface area contributed by atoms with E-state index in [2.05, 4.69) is 22.9 Å². The van der Waals surface area contributed by atoms with Crippen LogP contribution >= 0.6 is 12.6 Å². The molecule has 0 bridgehead atoms. The molecule has 0 aromatic carbocycles. The summed E-state index contributed by atoms with van der Waals surface area (Å²) in [5, 5.41) is -0.310. The quantitative estimate of drug-likeness (QED) is 0.412. The van der Waals surface area contributed by atoms with Crippen LogP contribution in [0.3, 0.4) is 0 Å². The minimum atomic E-state index is -0.310. The Bertz CT molecular complexity index is 84.1. The first-order valence-corrected chi connectivity index (χ1v) is 2.71. The van der Waals surface area contributed by atoms with Crippen LogP contribution < -0.4 is 5.48 Å². The molecule has 1 N–H and O–H groups in total. The fraction of sp³-hybridized carbons (Fsp3) is 0.750. The highest BCUT2D eigenvalue weighted by Crippen LogP contribution is 1.89. The molecule has 3 nitrogen and oxygen atoms in total. The highest BCUT2D eigenvalue weighted by molar-refractivity contribution is 7.81. The second-order valence-electron chi connectivity index (χ2n) is 1.35. The SMILES string of the molecule is CONC(=O)C(C)S. The second kappa shape index (κ2) is 3.74. The van der Waals surface area contributed by atoms with Crippen molar-refractivity contribution in [1.82, 2.24) is 5.48 Å². The van der Waals surface area contributed by atoms with Crippen molar-refractivity contribution < 1.29 is 9.63 Å². The van der Waals surface area contributed by atoms with Gasteiger partial charge in [0.1, 0.15) is 0 Å². The standard InChI is InChI=1S/C4H9NO2S/c1-3(8)4(6)5-7-2/h3,8H,1-2H3,(H,5,6). The molecule has 0 heterocycles. The topological polar surface area (TPSA) is 38.3 Å². The minimum absolute atomic E-state index is 0.226. The Morgan fingerprint density at radius 3 is 2.50 bits per heavy atom. The van der Waals surface area contributed by atoms with Crippen molar-refractivity contribution in [3.63, 3.8) is 0 Å². The van der Waals surface area contributed by atoms with Crippen LogP contribution in [-0.2, 0) is 9.63 Å². The first-order chi connectivity index (χ1) is 3.68. The highest BCUT2D eigenvalue weighted by atomic mass is 32.1. The Morgan fingerprint density at radius 1 is 1.88 bits per heavy atom. The first-order valence-electron chi connectivity index (χ1n) is 2.19. The third kappa shape index (κ3) is 2.87. The first kappa shape index (κ1) is 7.78. The number of carbonyl (C=O) groups excluding carboxylic acids is 1. The lowest BCUT2D eigenvalue weighted by atomic mass is 10.5. The molecule has 1 atom stereocenters. The molecule has 8 heavy (non-hydrogen) atoms. The maximum atomic E-state index is 10.4. The van der Waals surface area contributed by atoms with Gasteiger partial charge in [0.25, 0.3) is 5.91 Å². The van der Waals surface area contributed by atoms with E-state index in [0.29, 0.717) is 0 Å². The molecule has 0 radical (unpaired) electrons. The molecule has 0 aliphatic heterocycles. The van der Waals surface area contributed by atoms with Crippen LogP contribution in [0.15, 0.2) is 0 Å². The van der Waals surface area contributed by atoms with Crippen LogP contribution in [0.4, 0.5) is 0 Å². The van der Waals surface area contributed by atoms with Gasteiger partial charge in [0.2, 0.25) is 0 Å². The molecular formula is C4H9NO2S. The minimum Gasteiger partial charge on any atom is -0.277 e. The van der Waals surface area contributed by atoms with Crippen molar-refractivity contribution in [1.29, 1.82) is 0 Å². The number of amides is 1. The Morgan fingerprint density at radius 2 is 2.38 bits per heavy atom. The van der Waals surface area contributed by atoms with E-state index in [9.17, 15) is 4.79 Å². The summed E-state index contributed by atoms with van der Waals surface area (Å²) in [4.78, 5) is 14.7. The maximum Gasteiger partial charge on any atom is 0.256 e. The van der Waals surface area contributed by atoms with E-state index < -0.39 is 0 Å². The monoisotopic (exact) mass is 135 g/mol. The van der Waals surface area contributed by atoms with Crippen LogP contribution in [0.25, 0.3) is 0 Å². The molecule has 1 amide bonds. The highest BCUT2D eigenvalue weighted by Gasteiger charge is 2.04. The summed E-state index contributed by atoms with van der Waals surface area (Å²) in [6.45, 7) is 1.66. The lowest BCUT2D eigenvalue weighted by Crippen LogP contribution is -2.28. The van der Waals surface area contributed by atoms with Gasteiger partial charge in [-0.15, -0.1) is 0 Å². The van der Waals surface area contributed by atoms with Gasteiger partial charge in [-0.2, -0.15) is 12.6 Å². The zero-order valence-electron chi connectivity index (χ0n) is 4.84. The Labute approximate surface area is 53.8 Å². The average molecular weight is 135 g/mol. The van der Waals surface area contributed by atoms with Crippen LogP contribution in [0, 0.1) is 0 Å². The third-order valence-electron chi connectivity index (χ3n) is 0.582. The summed E-state index contributed by atoms with van der Waals surface area (Å²) in [7, 11) is 1.38. The lowest BCUT2D eigenvalue weighted by molar-refractivity contribution is -0.130. The summed E-state index contributed by atoms with van der Waals surface area (Å²) < 4.78 is 0. The van der Waals surface area contributed by atoms with Crippen molar-refractivity contribution in [3.05, 3.63) is 0 Å². The van der Waals surface area contributed by atoms with Crippen molar-refractivity contribution in [2.75, 3.05) is 7.11 Å². The fourth-order valence-corrected chi connectivity index (χ4v) is 0.239. The van der Waals surface area contributed by atoms with E-state index in [1.54, 1.807) is 6.92 Å². The van der Waals surface area contributed by atoms with E-state index in [1.165, 1.54) is 7.11 Å². The largest absolute Gasteiger partial charge is 0.277 e. The molecular weight excluding hydrogens is 126 g/mol.